The van der Waals surface area contributed by atoms with Gasteiger partial charge in [0.1, 0.15) is 5.82 Å². The highest BCUT2D eigenvalue weighted by atomic mass is 79.9. The first-order valence-corrected chi connectivity index (χ1v) is 8.61. The number of allylic oxidation sites excluding steroid dienone is 1. The summed E-state index contributed by atoms with van der Waals surface area (Å²) >= 11 is 4.96. The molecule has 1 heterocycles. The highest BCUT2D eigenvalue weighted by molar-refractivity contribution is 9.10. The summed E-state index contributed by atoms with van der Waals surface area (Å²) in [5, 5.41) is 1.97. The maximum absolute atomic E-state index is 13.0. The van der Waals surface area contributed by atoms with E-state index in [4.69, 9.17) is 0 Å². The quantitative estimate of drug-likeness (QED) is 0.384. The topological polar surface area (TPSA) is 17.1 Å². The van der Waals surface area contributed by atoms with Gasteiger partial charge in [-0.15, -0.1) is 11.3 Å². The van der Waals surface area contributed by atoms with Crippen LogP contribution in [0.25, 0.3) is 17.2 Å². The van der Waals surface area contributed by atoms with Crippen LogP contribution in [-0.2, 0) is 0 Å². The van der Waals surface area contributed by atoms with Crippen molar-refractivity contribution in [3.8, 4) is 11.1 Å². The third-order valence-electron chi connectivity index (χ3n) is 3.31. The monoisotopic (exact) mass is 386 g/mol. The first kappa shape index (κ1) is 15.8. The van der Waals surface area contributed by atoms with Gasteiger partial charge < -0.3 is 0 Å². The highest BCUT2D eigenvalue weighted by Crippen LogP contribution is 2.23. The van der Waals surface area contributed by atoms with Crippen molar-refractivity contribution in [2.45, 2.75) is 0 Å². The molecular weight excluding hydrogens is 375 g/mol. The van der Waals surface area contributed by atoms with Gasteiger partial charge in [0, 0.05) is 20.3 Å². The van der Waals surface area contributed by atoms with Crippen molar-refractivity contribution in [1.82, 2.24) is 0 Å². The van der Waals surface area contributed by atoms with E-state index in [-0.39, 0.29) is 11.6 Å². The molecule has 0 bridgehead atoms. The Morgan fingerprint density at radius 1 is 1.04 bits per heavy atom. The lowest BCUT2D eigenvalue weighted by molar-refractivity contribution is 0.104. The van der Waals surface area contributed by atoms with E-state index in [1.165, 1.54) is 12.1 Å². The van der Waals surface area contributed by atoms with Gasteiger partial charge in [0.15, 0.2) is 5.78 Å². The maximum atomic E-state index is 13.0. The SMILES string of the molecule is O=C(/C=C/c1cc(Br)cs1)c1cccc(-c2ccc(F)cc2)c1. The largest absolute Gasteiger partial charge is 0.289 e. The smallest absolute Gasteiger partial charge is 0.185 e. The fourth-order valence-electron chi connectivity index (χ4n) is 2.16. The van der Waals surface area contributed by atoms with Gasteiger partial charge in [-0.3, -0.25) is 4.79 Å². The van der Waals surface area contributed by atoms with E-state index in [1.54, 1.807) is 35.6 Å². The Balaban J connectivity index is 1.83. The van der Waals surface area contributed by atoms with Crippen LogP contribution in [0, 0.1) is 5.82 Å². The van der Waals surface area contributed by atoms with Gasteiger partial charge in [-0.25, -0.2) is 4.39 Å². The number of benzene rings is 2. The molecule has 0 fully saturated rings. The van der Waals surface area contributed by atoms with Gasteiger partial charge in [0.05, 0.1) is 0 Å². The summed E-state index contributed by atoms with van der Waals surface area (Å²) < 4.78 is 14.0. The molecule has 23 heavy (non-hydrogen) atoms. The molecule has 0 aliphatic carbocycles. The molecule has 0 N–H and O–H groups in total. The zero-order chi connectivity index (χ0) is 16.2. The fraction of sp³-hybridized carbons (Fsp3) is 0. The third-order valence-corrected chi connectivity index (χ3v) is 4.97. The molecule has 0 amide bonds. The minimum absolute atomic E-state index is 0.0570. The predicted octanol–water partition coefficient (Wildman–Crippen LogP) is 6.21. The second-order valence-corrected chi connectivity index (χ2v) is 6.81. The number of hydrogen-bond acceptors (Lipinski definition) is 2. The van der Waals surface area contributed by atoms with Crippen LogP contribution in [0.2, 0.25) is 0 Å². The molecule has 4 heteroatoms. The summed E-state index contributed by atoms with van der Waals surface area (Å²) in [5.74, 6) is -0.329. The molecule has 3 rings (SSSR count). The molecule has 0 atom stereocenters. The molecule has 0 radical (unpaired) electrons. The van der Waals surface area contributed by atoms with Gasteiger partial charge in [0.2, 0.25) is 0 Å². The van der Waals surface area contributed by atoms with Crippen LogP contribution in [0.4, 0.5) is 4.39 Å². The van der Waals surface area contributed by atoms with Gasteiger partial charge in [-0.1, -0.05) is 30.3 Å². The van der Waals surface area contributed by atoms with Crippen molar-refractivity contribution < 1.29 is 9.18 Å². The molecular formula is C19H12BrFOS. The van der Waals surface area contributed by atoms with E-state index < -0.39 is 0 Å². The van der Waals surface area contributed by atoms with Crippen molar-refractivity contribution in [2.75, 3.05) is 0 Å². The van der Waals surface area contributed by atoms with Crippen LogP contribution in [0.1, 0.15) is 15.2 Å². The van der Waals surface area contributed by atoms with Crippen LogP contribution in [0.5, 0.6) is 0 Å². The number of rotatable bonds is 4. The molecule has 0 saturated heterocycles. The molecule has 0 unspecified atom stereocenters. The van der Waals surface area contributed by atoms with E-state index in [1.807, 2.05) is 35.7 Å². The van der Waals surface area contributed by atoms with E-state index in [2.05, 4.69) is 15.9 Å². The lowest BCUT2D eigenvalue weighted by Crippen LogP contribution is -1.94. The van der Waals surface area contributed by atoms with Crippen molar-refractivity contribution in [1.29, 1.82) is 0 Å². The fourth-order valence-corrected chi connectivity index (χ4v) is 3.50. The van der Waals surface area contributed by atoms with Crippen molar-refractivity contribution >= 4 is 39.1 Å². The number of carbonyl (C=O) groups is 1. The molecule has 0 aliphatic heterocycles. The highest BCUT2D eigenvalue weighted by Gasteiger charge is 2.05. The molecule has 1 aromatic heterocycles. The Bertz CT molecular complexity index is 865. The second kappa shape index (κ2) is 7.02. The zero-order valence-electron chi connectivity index (χ0n) is 12.0. The Morgan fingerprint density at radius 3 is 2.52 bits per heavy atom. The lowest BCUT2D eigenvalue weighted by atomic mass is 10.0. The Hall–Kier alpha value is -2.04. The minimum Gasteiger partial charge on any atom is -0.289 e. The molecule has 2 aromatic carbocycles. The summed E-state index contributed by atoms with van der Waals surface area (Å²) in [4.78, 5) is 13.3. The molecule has 0 aliphatic rings. The Morgan fingerprint density at radius 2 is 1.83 bits per heavy atom. The molecule has 3 aromatic rings. The first-order valence-electron chi connectivity index (χ1n) is 6.94. The standard InChI is InChI=1S/C19H12BrFOS/c20-16-11-18(23-12-16)8-9-19(22)15-3-1-2-14(10-15)13-4-6-17(21)7-5-13/h1-12H/b9-8+. The maximum Gasteiger partial charge on any atom is 0.185 e. The molecule has 0 saturated carbocycles. The van der Waals surface area contributed by atoms with Gasteiger partial charge in [-0.05, 0) is 63.5 Å². The van der Waals surface area contributed by atoms with Crippen molar-refractivity contribution in [2.24, 2.45) is 0 Å². The van der Waals surface area contributed by atoms with Crippen LogP contribution < -0.4 is 0 Å². The van der Waals surface area contributed by atoms with E-state index in [0.717, 1.165) is 20.5 Å². The first-order chi connectivity index (χ1) is 11.1. The summed E-state index contributed by atoms with van der Waals surface area (Å²) in [6, 6.07) is 15.6. The van der Waals surface area contributed by atoms with Gasteiger partial charge in [-0.2, -0.15) is 0 Å². The van der Waals surface area contributed by atoms with E-state index in [9.17, 15) is 9.18 Å². The molecule has 0 spiro atoms. The van der Waals surface area contributed by atoms with Crippen molar-refractivity contribution in [3.63, 3.8) is 0 Å². The minimum atomic E-state index is -0.272. The number of halogens is 2. The predicted molar refractivity (Wildman–Crippen MR) is 97.2 cm³/mol. The summed E-state index contributed by atoms with van der Waals surface area (Å²) in [6.07, 6.45) is 3.38. The number of carbonyl (C=O) groups excluding carboxylic acids is 1. The van der Waals surface area contributed by atoms with Gasteiger partial charge in [0.25, 0.3) is 0 Å². The Kier molecular flexibility index (Phi) is 4.84. The number of hydrogen-bond donors (Lipinski definition) is 0. The Labute approximate surface area is 146 Å². The van der Waals surface area contributed by atoms with E-state index in [0.29, 0.717) is 5.56 Å². The molecule has 114 valence electrons. The van der Waals surface area contributed by atoms with E-state index >= 15 is 0 Å². The van der Waals surface area contributed by atoms with Crippen LogP contribution in [0.15, 0.2) is 70.5 Å². The average molecular weight is 387 g/mol. The summed E-state index contributed by atoms with van der Waals surface area (Å²) in [5.41, 5.74) is 2.38. The number of thiophene rings is 1. The molecule has 1 nitrogen and oxygen atoms in total. The third kappa shape index (κ3) is 4.03. The summed E-state index contributed by atoms with van der Waals surface area (Å²) in [6.45, 7) is 0. The second-order valence-electron chi connectivity index (χ2n) is 4.95. The van der Waals surface area contributed by atoms with Crippen LogP contribution in [0.3, 0.4) is 0 Å². The van der Waals surface area contributed by atoms with Crippen LogP contribution in [-0.4, -0.2) is 5.78 Å². The summed E-state index contributed by atoms with van der Waals surface area (Å²) in [7, 11) is 0. The average Bonchev–Trinajstić information content (AvgIpc) is 2.99. The lowest BCUT2D eigenvalue weighted by Gasteiger charge is -2.03. The van der Waals surface area contributed by atoms with Crippen molar-refractivity contribution in [3.05, 3.63) is 86.8 Å². The normalized spacial score (nSPS) is 11.0. The van der Waals surface area contributed by atoms with Gasteiger partial charge >= 0.3 is 0 Å². The number of ketones is 1. The zero-order valence-corrected chi connectivity index (χ0v) is 14.4. The van der Waals surface area contributed by atoms with Crippen LogP contribution >= 0.6 is 27.3 Å².